The Bertz CT molecular complexity index is 552. The lowest BCUT2D eigenvalue weighted by atomic mass is 10.1. The van der Waals surface area contributed by atoms with Gasteiger partial charge in [-0.05, 0) is 6.42 Å². The van der Waals surface area contributed by atoms with Crippen LogP contribution in [0.25, 0.3) is 0 Å². The van der Waals surface area contributed by atoms with E-state index in [2.05, 4.69) is 15.7 Å². The van der Waals surface area contributed by atoms with Gasteiger partial charge < -0.3 is 20.3 Å². The van der Waals surface area contributed by atoms with Crippen LogP contribution in [0.15, 0.2) is 12.4 Å². The molecule has 3 heterocycles. The molecular weight excluding hydrogens is 286 g/mol. The molecule has 2 aliphatic rings. The van der Waals surface area contributed by atoms with Crippen LogP contribution < -0.4 is 15.5 Å². The Morgan fingerprint density at radius 1 is 1.59 bits per heavy atom. The van der Waals surface area contributed by atoms with E-state index < -0.39 is 6.04 Å². The van der Waals surface area contributed by atoms with Crippen LogP contribution in [0.1, 0.15) is 12.8 Å². The van der Waals surface area contributed by atoms with Crippen LogP contribution in [0.2, 0.25) is 0 Å². The molecule has 8 heteroatoms. The van der Waals surface area contributed by atoms with E-state index in [0.717, 1.165) is 12.2 Å². The van der Waals surface area contributed by atoms with Gasteiger partial charge in [0.15, 0.2) is 0 Å². The molecular formula is C14H21N5O3. The molecule has 120 valence electrons. The number of hydrogen-bond donors (Lipinski definition) is 2. The lowest BCUT2D eigenvalue weighted by Crippen LogP contribution is -2.47. The smallest absolute Gasteiger partial charge is 0.249 e. The van der Waals surface area contributed by atoms with Gasteiger partial charge in [0.05, 0.1) is 25.1 Å². The number of aryl methyl sites for hydroxylation is 1. The van der Waals surface area contributed by atoms with E-state index in [1.807, 2.05) is 7.05 Å². The van der Waals surface area contributed by atoms with E-state index >= 15 is 0 Å². The molecule has 1 aromatic rings. The minimum absolute atomic E-state index is 0.0275. The maximum Gasteiger partial charge on any atom is 0.249 e. The highest BCUT2D eigenvalue weighted by Gasteiger charge is 2.34. The van der Waals surface area contributed by atoms with E-state index in [1.165, 1.54) is 0 Å². The second-order valence-electron chi connectivity index (χ2n) is 5.70. The molecule has 8 nitrogen and oxygen atoms in total. The van der Waals surface area contributed by atoms with Crippen LogP contribution in [0, 0.1) is 0 Å². The van der Waals surface area contributed by atoms with E-state index in [1.54, 1.807) is 22.0 Å². The van der Waals surface area contributed by atoms with Crippen LogP contribution in [0.3, 0.4) is 0 Å². The molecule has 2 unspecified atom stereocenters. The van der Waals surface area contributed by atoms with Gasteiger partial charge in [0, 0.05) is 38.8 Å². The normalized spacial score (nSPS) is 25.5. The summed E-state index contributed by atoms with van der Waals surface area (Å²) in [5.41, 5.74) is 0.770. The monoisotopic (exact) mass is 307 g/mol. The molecule has 0 aliphatic carbocycles. The summed E-state index contributed by atoms with van der Waals surface area (Å²) >= 11 is 0. The number of hydrogen-bond acceptors (Lipinski definition) is 5. The summed E-state index contributed by atoms with van der Waals surface area (Å²) in [6, 6.07) is -0.420. The summed E-state index contributed by atoms with van der Waals surface area (Å²) in [5.74, 6) is -0.191. The van der Waals surface area contributed by atoms with Crippen molar-refractivity contribution in [3.05, 3.63) is 12.4 Å². The Morgan fingerprint density at radius 2 is 2.45 bits per heavy atom. The summed E-state index contributed by atoms with van der Waals surface area (Å²) in [4.78, 5) is 26.1. The number of nitrogens with one attached hydrogen (secondary N) is 2. The molecule has 0 aromatic carbocycles. The Labute approximate surface area is 128 Å². The molecule has 0 saturated carbocycles. The predicted octanol–water partition coefficient (Wildman–Crippen LogP) is -0.980. The van der Waals surface area contributed by atoms with Gasteiger partial charge in [0.25, 0.3) is 0 Å². The van der Waals surface area contributed by atoms with Crippen molar-refractivity contribution < 1.29 is 14.3 Å². The van der Waals surface area contributed by atoms with E-state index in [-0.39, 0.29) is 17.9 Å². The summed E-state index contributed by atoms with van der Waals surface area (Å²) in [5, 5.41) is 10.1. The molecule has 2 amide bonds. The first kappa shape index (κ1) is 15.0. The van der Waals surface area contributed by atoms with Crippen molar-refractivity contribution >= 4 is 17.5 Å². The average molecular weight is 307 g/mol. The van der Waals surface area contributed by atoms with E-state index in [9.17, 15) is 9.59 Å². The van der Waals surface area contributed by atoms with Gasteiger partial charge in [-0.25, -0.2) is 0 Å². The molecule has 1 aromatic heterocycles. The first-order valence-corrected chi connectivity index (χ1v) is 7.54. The van der Waals surface area contributed by atoms with Gasteiger partial charge in [-0.2, -0.15) is 5.10 Å². The number of anilines is 1. The predicted molar refractivity (Wildman–Crippen MR) is 79.3 cm³/mol. The molecule has 2 aliphatic heterocycles. The third-order valence-electron chi connectivity index (χ3n) is 3.97. The molecule has 3 rings (SSSR count). The fraction of sp³-hybridized carbons (Fsp3) is 0.643. The zero-order valence-electron chi connectivity index (χ0n) is 12.6. The third kappa shape index (κ3) is 3.28. The highest BCUT2D eigenvalue weighted by molar-refractivity contribution is 6.01. The van der Waals surface area contributed by atoms with Gasteiger partial charge in [0.1, 0.15) is 6.04 Å². The molecule has 2 atom stereocenters. The molecule has 0 bridgehead atoms. The number of nitrogens with zero attached hydrogens (tertiary/aromatic N) is 3. The Hall–Kier alpha value is -1.93. The van der Waals surface area contributed by atoms with Crippen LogP contribution in [0.5, 0.6) is 0 Å². The zero-order valence-corrected chi connectivity index (χ0v) is 12.6. The van der Waals surface area contributed by atoms with Crippen molar-refractivity contribution in [1.82, 2.24) is 20.4 Å². The van der Waals surface area contributed by atoms with E-state index in [0.29, 0.717) is 32.6 Å². The van der Waals surface area contributed by atoms with Crippen LogP contribution in [-0.4, -0.2) is 60.0 Å². The van der Waals surface area contributed by atoms with Gasteiger partial charge in [-0.3, -0.25) is 14.3 Å². The maximum atomic E-state index is 12.4. The second kappa shape index (κ2) is 6.45. The standard InChI is InChI=1S/C14H21N5O3/c1-18-8-11(7-16-18)19-4-2-12(14(19)21)17-13(20)6-10-9-22-5-3-15-10/h7-8,10,12,15H,2-6,9H2,1H3,(H,17,20). The Balaban J connectivity index is 1.52. The Morgan fingerprint density at radius 3 is 3.14 bits per heavy atom. The van der Waals surface area contributed by atoms with Gasteiger partial charge in [-0.1, -0.05) is 0 Å². The van der Waals surface area contributed by atoms with Crippen LogP contribution >= 0.6 is 0 Å². The zero-order chi connectivity index (χ0) is 15.5. The quantitative estimate of drug-likeness (QED) is 0.746. The van der Waals surface area contributed by atoms with Crippen molar-refractivity contribution in [1.29, 1.82) is 0 Å². The summed E-state index contributed by atoms with van der Waals surface area (Å²) in [6.07, 6.45) is 4.40. The van der Waals surface area contributed by atoms with Crippen LogP contribution in [-0.2, 0) is 21.4 Å². The molecule has 2 saturated heterocycles. The number of carbonyl (C=O) groups is 2. The summed E-state index contributed by atoms with van der Waals surface area (Å²) < 4.78 is 6.98. The van der Waals surface area contributed by atoms with E-state index in [4.69, 9.17) is 4.74 Å². The molecule has 2 N–H and O–H groups in total. The minimum atomic E-state index is -0.447. The number of aromatic nitrogens is 2. The minimum Gasteiger partial charge on any atom is -0.378 e. The SMILES string of the molecule is Cn1cc(N2CCC(NC(=O)CC3COCCN3)C2=O)cn1. The third-order valence-corrected chi connectivity index (χ3v) is 3.97. The molecule has 2 fully saturated rings. The van der Waals surface area contributed by atoms with Crippen molar-refractivity contribution in [2.75, 3.05) is 31.2 Å². The largest absolute Gasteiger partial charge is 0.378 e. The highest BCUT2D eigenvalue weighted by Crippen LogP contribution is 2.20. The van der Waals surface area contributed by atoms with Gasteiger partial charge in [-0.15, -0.1) is 0 Å². The van der Waals surface area contributed by atoms with Gasteiger partial charge >= 0.3 is 0 Å². The van der Waals surface area contributed by atoms with Crippen molar-refractivity contribution in [3.63, 3.8) is 0 Å². The molecule has 0 spiro atoms. The number of carbonyl (C=O) groups excluding carboxylic acids is 2. The number of morpholine rings is 1. The summed E-state index contributed by atoms with van der Waals surface area (Å²) in [6.45, 7) is 2.57. The molecule has 0 radical (unpaired) electrons. The fourth-order valence-corrected chi connectivity index (χ4v) is 2.85. The second-order valence-corrected chi connectivity index (χ2v) is 5.70. The average Bonchev–Trinajstić information content (AvgIpc) is 3.07. The number of amides is 2. The molecule has 22 heavy (non-hydrogen) atoms. The van der Waals surface area contributed by atoms with Crippen molar-refractivity contribution in [2.45, 2.75) is 24.9 Å². The summed E-state index contributed by atoms with van der Waals surface area (Å²) in [7, 11) is 1.81. The maximum absolute atomic E-state index is 12.4. The van der Waals surface area contributed by atoms with Crippen molar-refractivity contribution in [3.8, 4) is 0 Å². The fourth-order valence-electron chi connectivity index (χ4n) is 2.85. The topological polar surface area (TPSA) is 88.5 Å². The first-order chi connectivity index (χ1) is 10.6. The van der Waals surface area contributed by atoms with Crippen molar-refractivity contribution in [2.24, 2.45) is 7.05 Å². The van der Waals surface area contributed by atoms with Gasteiger partial charge in [0.2, 0.25) is 11.8 Å². The first-order valence-electron chi connectivity index (χ1n) is 7.54. The van der Waals surface area contributed by atoms with Crippen LogP contribution in [0.4, 0.5) is 5.69 Å². The number of rotatable bonds is 4. The lowest BCUT2D eigenvalue weighted by Gasteiger charge is -2.23. The lowest BCUT2D eigenvalue weighted by molar-refractivity contribution is -0.127. The number of ether oxygens (including phenoxy) is 1. The Kier molecular flexibility index (Phi) is 4.39. The highest BCUT2D eigenvalue weighted by atomic mass is 16.5.